The number of hydrogen-bond acceptors (Lipinski definition) is 3. The van der Waals surface area contributed by atoms with Crippen molar-refractivity contribution in [1.29, 1.82) is 0 Å². The molecule has 80 valence electrons. The minimum atomic E-state index is -0.596. The fraction of sp³-hybridized carbons (Fsp3) is 0.818. The standard InChI is InChI=1S/C11H18O3/c1-7(9(12)8-5-6-8)10(13)14-11(2,3)4/h7-8H,5-6H2,1-4H3. The van der Waals surface area contributed by atoms with Crippen molar-refractivity contribution in [3.63, 3.8) is 0 Å². The molecule has 14 heavy (non-hydrogen) atoms. The average Bonchev–Trinajstić information content (AvgIpc) is 2.80. The Kier molecular flexibility index (Phi) is 2.98. The van der Waals surface area contributed by atoms with Crippen LogP contribution in [-0.2, 0) is 14.3 Å². The first kappa shape index (κ1) is 11.2. The third-order valence-electron chi connectivity index (χ3n) is 2.17. The Morgan fingerprint density at radius 3 is 2.14 bits per heavy atom. The minimum Gasteiger partial charge on any atom is -0.459 e. The second-order valence-electron chi connectivity index (χ2n) is 4.93. The molecular formula is C11H18O3. The summed E-state index contributed by atoms with van der Waals surface area (Å²) in [4.78, 5) is 23.0. The number of Topliss-reactive ketones (excluding diaryl/α,β-unsaturated/α-hetero) is 1. The Balaban J connectivity index is 2.47. The van der Waals surface area contributed by atoms with Gasteiger partial charge in [0.25, 0.3) is 0 Å². The molecule has 0 heterocycles. The molecule has 1 unspecified atom stereocenters. The Bertz CT molecular complexity index is 246. The maximum Gasteiger partial charge on any atom is 0.316 e. The lowest BCUT2D eigenvalue weighted by atomic mass is 10.0. The van der Waals surface area contributed by atoms with Gasteiger partial charge in [0.05, 0.1) is 0 Å². The Morgan fingerprint density at radius 1 is 1.29 bits per heavy atom. The molecule has 0 aliphatic heterocycles. The molecule has 0 aromatic rings. The van der Waals surface area contributed by atoms with Crippen LogP contribution in [0.15, 0.2) is 0 Å². The van der Waals surface area contributed by atoms with E-state index in [-0.39, 0.29) is 11.7 Å². The lowest BCUT2D eigenvalue weighted by molar-refractivity contribution is -0.161. The highest BCUT2D eigenvalue weighted by molar-refractivity contribution is 6.00. The average molecular weight is 198 g/mol. The molecule has 0 spiro atoms. The lowest BCUT2D eigenvalue weighted by Gasteiger charge is -2.21. The van der Waals surface area contributed by atoms with Crippen molar-refractivity contribution >= 4 is 11.8 Å². The maximum absolute atomic E-state index is 11.5. The Hall–Kier alpha value is -0.860. The first-order chi connectivity index (χ1) is 6.31. The van der Waals surface area contributed by atoms with Crippen molar-refractivity contribution < 1.29 is 14.3 Å². The van der Waals surface area contributed by atoms with Crippen LogP contribution in [0.5, 0.6) is 0 Å². The minimum absolute atomic E-state index is 0.0410. The molecule has 3 nitrogen and oxygen atoms in total. The van der Waals surface area contributed by atoms with Gasteiger partial charge in [0, 0.05) is 5.92 Å². The molecule has 1 fully saturated rings. The summed E-state index contributed by atoms with van der Waals surface area (Å²) in [5, 5.41) is 0. The number of rotatable bonds is 3. The molecule has 1 saturated carbocycles. The normalized spacial score (nSPS) is 18.9. The van der Waals surface area contributed by atoms with Gasteiger partial charge in [0.2, 0.25) is 0 Å². The first-order valence-electron chi connectivity index (χ1n) is 5.08. The molecule has 0 aromatic heterocycles. The van der Waals surface area contributed by atoms with Crippen molar-refractivity contribution in [1.82, 2.24) is 0 Å². The van der Waals surface area contributed by atoms with E-state index in [1.807, 2.05) is 0 Å². The van der Waals surface area contributed by atoms with Crippen LogP contribution in [0.2, 0.25) is 0 Å². The van der Waals surface area contributed by atoms with Crippen LogP contribution >= 0.6 is 0 Å². The van der Waals surface area contributed by atoms with Crippen LogP contribution in [0.1, 0.15) is 40.5 Å². The van der Waals surface area contributed by atoms with Crippen molar-refractivity contribution in [3.8, 4) is 0 Å². The Labute approximate surface area is 84.8 Å². The Morgan fingerprint density at radius 2 is 1.79 bits per heavy atom. The summed E-state index contributed by atoms with van der Waals surface area (Å²) >= 11 is 0. The van der Waals surface area contributed by atoms with Crippen LogP contribution in [0, 0.1) is 11.8 Å². The van der Waals surface area contributed by atoms with Gasteiger partial charge in [-0.25, -0.2) is 0 Å². The summed E-state index contributed by atoms with van der Waals surface area (Å²) in [5.74, 6) is -0.826. The van der Waals surface area contributed by atoms with E-state index in [2.05, 4.69) is 0 Å². The molecule has 0 bridgehead atoms. The van der Waals surface area contributed by atoms with Gasteiger partial charge in [-0.2, -0.15) is 0 Å². The second kappa shape index (κ2) is 3.71. The number of ether oxygens (including phenoxy) is 1. The predicted octanol–water partition coefficient (Wildman–Crippen LogP) is 1.94. The molecule has 1 atom stereocenters. The van der Waals surface area contributed by atoms with Gasteiger partial charge in [-0.15, -0.1) is 0 Å². The number of carbonyl (C=O) groups is 2. The third kappa shape index (κ3) is 3.13. The summed E-state index contributed by atoms with van der Waals surface area (Å²) in [7, 11) is 0. The van der Waals surface area contributed by atoms with Gasteiger partial charge in [-0.05, 0) is 40.5 Å². The molecule has 3 heteroatoms. The summed E-state index contributed by atoms with van der Waals surface area (Å²) in [5.41, 5.74) is -0.505. The van der Waals surface area contributed by atoms with E-state index in [0.717, 1.165) is 12.8 Å². The van der Waals surface area contributed by atoms with E-state index in [9.17, 15) is 9.59 Å². The van der Waals surface area contributed by atoms with Crippen molar-refractivity contribution in [2.45, 2.75) is 46.1 Å². The maximum atomic E-state index is 11.5. The highest BCUT2D eigenvalue weighted by Gasteiger charge is 2.37. The SMILES string of the molecule is CC(C(=O)OC(C)(C)C)C(=O)C1CC1. The van der Waals surface area contributed by atoms with E-state index in [1.165, 1.54) is 0 Å². The zero-order valence-electron chi connectivity index (χ0n) is 9.29. The summed E-state index contributed by atoms with van der Waals surface area (Å²) in [6, 6.07) is 0. The largest absolute Gasteiger partial charge is 0.459 e. The molecule has 1 aliphatic rings. The summed E-state index contributed by atoms with van der Waals surface area (Å²) in [6.45, 7) is 7.05. The lowest BCUT2D eigenvalue weighted by Crippen LogP contribution is -2.31. The van der Waals surface area contributed by atoms with Gasteiger partial charge >= 0.3 is 5.97 Å². The number of carbonyl (C=O) groups excluding carboxylic acids is 2. The molecule has 0 N–H and O–H groups in total. The van der Waals surface area contributed by atoms with Crippen LogP contribution < -0.4 is 0 Å². The molecule has 1 rings (SSSR count). The highest BCUT2D eigenvalue weighted by Crippen LogP contribution is 2.32. The van der Waals surface area contributed by atoms with Crippen LogP contribution in [0.4, 0.5) is 0 Å². The molecule has 1 aliphatic carbocycles. The quantitative estimate of drug-likeness (QED) is 0.514. The highest BCUT2D eigenvalue weighted by atomic mass is 16.6. The number of ketones is 1. The molecule has 0 saturated heterocycles. The molecular weight excluding hydrogens is 180 g/mol. The topological polar surface area (TPSA) is 43.4 Å². The van der Waals surface area contributed by atoms with Crippen LogP contribution in [0.3, 0.4) is 0 Å². The van der Waals surface area contributed by atoms with Gasteiger partial charge in [-0.1, -0.05) is 0 Å². The van der Waals surface area contributed by atoms with Gasteiger partial charge in [0.15, 0.2) is 0 Å². The fourth-order valence-electron chi connectivity index (χ4n) is 1.23. The van der Waals surface area contributed by atoms with E-state index in [4.69, 9.17) is 4.74 Å². The van der Waals surface area contributed by atoms with Crippen molar-refractivity contribution in [2.75, 3.05) is 0 Å². The zero-order chi connectivity index (χ0) is 10.9. The summed E-state index contributed by atoms with van der Waals surface area (Å²) < 4.78 is 5.14. The van der Waals surface area contributed by atoms with Gasteiger partial charge in [0.1, 0.15) is 17.3 Å². The number of hydrogen-bond donors (Lipinski definition) is 0. The van der Waals surface area contributed by atoms with E-state index in [0.29, 0.717) is 0 Å². The van der Waals surface area contributed by atoms with Crippen LogP contribution in [0.25, 0.3) is 0 Å². The molecule has 0 amide bonds. The zero-order valence-corrected chi connectivity index (χ0v) is 9.29. The number of esters is 1. The van der Waals surface area contributed by atoms with Crippen molar-refractivity contribution in [2.24, 2.45) is 11.8 Å². The smallest absolute Gasteiger partial charge is 0.316 e. The van der Waals surface area contributed by atoms with E-state index < -0.39 is 17.5 Å². The monoisotopic (exact) mass is 198 g/mol. The van der Waals surface area contributed by atoms with Crippen molar-refractivity contribution in [3.05, 3.63) is 0 Å². The van der Waals surface area contributed by atoms with Gasteiger partial charge in [-0.3, -0.25) is 9.59 Å². The molecule has 0 aromatic carbocycles. The third-order valence-corrected chi connectivity index (χ3v) is 2.17. The fourth-order valence-corrected chi connectivity index (χ4v) is 1.23. The van der Waals surface area contributed by atoms with Crippen LogP contribution in [-0.4, -0.2) is 17.4 Å². The first-order valence-corrected chi connectivity index (χ1v) is 5.08. The van der Waals surface area contributed by atoms with Gasteiger partial charge < -0.3 is 4.74 Å². The predicted molar refractivity (Wildman–Crippen MR) is 52.7 cm³/mol. The molecule has 0 radical (unpaired) electrons. The second-order valence-corrected chi connectivity index (χ2v) is 4.93. The van der Waals surface area contributed by atoms with E-state index in [1.54, 1.807) is 27.7 Å². The summed E-state index contributed by atoms with van der Waals surface area (Å²) in [6.07, 6.45) is 1.87. The van der Waals surface area contributed by atoms with E-state index >= 15 is 0 Å².